The van der Waals surface area contributed by atoms with Gasteiger partial charge in [-0.1, -0.05) is 0 Å². The van der Waals surface area contributed by atoms with Gasteiger partial charge in [0.1, 0.15) is 116 Å². The smallest absolute Gasteiger partial charge is 0.217 e. The molecule has 58 heavy (non-hydrogen) atoms. The highest BCUT2D eigenvalue weighted by Gasteiger charge is 2.57. The Morgan fingerprint density at radius 3 is 1.48 bits per heavy atom. The van der Waals surface area contributed by atoms with E-state index in [0.29, 0.717) is 0 Å². The molecule has 0 aromatic carbocycles. The number of hydrogen-bond acceptors (Lipinski definition) is 25. The SMILES string of the molecule is CC(=O)N[C@H]1[C@H](O[C@H]2[C@H](O)[C@@H](O)[C@H](O)O[C@@H]2CO)O[C@H](CO)[C@H](O)[C@@H]1O[C@@H]1O[C@H](CO)[C@@H](O[C@@H]2O[C@@H](C)[C@@H](O)[C@@H](O)[C@@H]2O)[C@H](O[C@@H]2O[C@H](CO)[C@H](O)[C@H](O)[C@H]2O)[C@H]1O. The Bertz CT molecular complexity index is 1300. The Balaban J connectivity index is 1.48. The van der Waals surface area contributed by atoms with Crippen LogP contribution in [0.3, 0.4) is 0 Å². The fourth-order valence-electron chi connectivity index (χ4n) is 7.37. The molecule has 0 radical (unpaired) electrons. The summed E-state index contributed by atoms with van der Waals surface area (Å²) in [6, 6.07) is -1.67. The number of ether oxygens (including phenoxy) is 9. The van der Waals surface area contributed by atoms with Gasteiger partial charge in [-0.25, -0.2) is 0 Å². The molecule has 5 saturated heterocycles. The third-order valence-electron chi connectivity index (χ3n) is 10.7. The minimum atomic E-state index is -2.20. The van der Waals surface area contributed by atoms with Crippen molar-refractivity contribution < 1.29 is 124 Å². The molecule has 0 unspecified atom stereocenters. The summed E-state index contributed by atoms with van der Waals surface area (Å²) in [6.07, 6.45) is -43.7. The molecule has 5 heterocycles. The van der Waals surface area contributed by atoms with Crippen LogP contribution < -0.4 is 5.32 Å². The summed E-state index contributed by atoms with van der Waals surface area (Å²) in [7, 11) is 0. The summed E-state index contributed by atoms with van der Waals surface area (Å²) in [5, 5.41) is 160. The third-order valence-corrected chi connectivity index (χ3v) is 10.7. The highest BCUT2D eigenvalue weighted by Crippen LogP contribution is 2.36. The second-order valence-corrected chi connectivity index (χ2v) is 14.7. The molecule has 26 nitrogen and oxygen atoms in total. The molecule has 16 N–H and O–H groups in total. The minimum Gasteiger partial charge on any atom is -0.394 e. The van der Waals surface area contributed by atoms with E-state index in [-0.39, 0.29) is 0 Å². The fraction of sp³-hybridized carbons (Fsp3) is 0.969. The van der Waals surface area contributed by atoms with Gasteiger partial charge in [-0.05, 0) is 6.92 Å². The summed E-state index contributed by atoms with van der Waals surface area (Å²) >= 11 is 0. The monoisotopic (exact) mass is 853 g/mol. The maximum absolute atomic E-state index is 12.5. The molecule has 1 amide bonds. The van der Waals surface area contributed by atoms with Gasteiger partial charge in [-0.15, -0.1) is 0 Å². The van der Waals surface area contributed by atoms with Crippen LogP contribution in [0.1, 0.15) is 13.8 Å². The number of carbonyl (C=O) groups is 1. The summed E-state index contributed by atoms with van der Waals surface area (Å²) in [5.41, 5.74) is 0. The van der Waals surface area contributed by atoms with Crippen molar-refractivity contribution >= 4 is 5.91 Å². The van der Waals surface area contributed by atoms with Crippen LogP contribution in [-0.4, -0.2) is 262 Å². The molecular formula is C32H55NO25. The lowest BCUT2D eigenvalue weighted by atomic mass is 9.94. The van der Waals surface area contributed by atoms with Crippen LogP contribution in [0.5, 0.6) is 0 Å². The molecule has 5 fully saturated rings. The average molecular weight is 854 g/mol. The molecule has 5 aliphatic rings. The maximum Gasteiger partial charge on any atom is 0.217 e. The maximum atomic E-state index is 12.5. The van der Waals surface area contributed by atoms with Crippen molar-refractivity contribution in [3.63, 3.8) is 0 Å². The molecule has 0 aliphatic carbocycles. The van der Waals surface area contributed by atoms with Crippen molar-refractivity contribution in [1.29, 1.82) is 0 Å². The number of carbonyl (C=O) groups excluding carboxylic acids is 1. The Kier molecular flexibility index (Phi) is 16.5. The molecule has 5 aliphatic heterocycles. The number of nitrogens with one attached hydrogen (secondary N) is 1. The summed E-state index contributed by atoms with van der Waals surface area (Å²) in [6.45, 7) is -1.36. The van der Waals surface area contributed by atoms with Gasteiger partial charge in [0, 0.05) is 6.92 Å². The first-order valence-electron chi connectivity index (χ1n) is 18.5. The van der Waals surface area contributed by atoms with Crippen LogP contribution in [0.4, 0.5) is 0 Å². The number of aliphatic hydroxyl groups is 15. The molecule has 0 saturated carbocycles. The van der Waals surface area contributed by atoms with E-state index in [1.807, 2.05) is 0 Å². The van der Waals surface area contributed by atoms with Gasteiger partial charge < -0.3 is 125 Å². The largest absolute Gasteiger partial charge is 0.394 e. The van der Waals surface area contributed by atoms with Gasteiger partial charge in [0.2, 0.25) is 5.91 Å². The van der Waals surface area contributed by atoms with Gasteiger partial charge >= 0.3 is 0 Å². The van der Waals surface area contributed by atoms with Crippen molar-refractivity contribution in [1.82, 2.24) is 5.32 Å². The molecule has 0 bridgehead atoms. The van der Waals surface area contributed by atoms with E-state index in [2.05, 4.69) is 5.32 Å². The number of hydrogen-bond donors (Lipinski definition) is 16. The molecule has 25 atom stereocenters. The first-order valence-corrected chi connectivity index (χ1v) is 18.5. The second-order valence-electron chi connectivity index (χ2n) is 14.7. The highest BCUT2D eigenvalue weighted by molar-refractivity contribution is 5.73. The second kappa shape index (κ2) is 20.1. The Morgan fingerprint density at radius 1 is 0.448 bits per heavy atom. The Hall–Kier alpha value is -1.49. The predicted octanol–water partition coefficient (Wildman–Crippen LogP) is -10.8. The van der Waals surface area contributed by atoms with Gasteiger partial charge in [-0.3, -0.25) is 4.79 Å². The van der Waals surface area contributed by atoms with Crippen LogP contribution >= 0.6 is 0 Å². The van der Waals surface area contributed by atoms with Gasteiger partial charge in [0.25, 0.3) is 0 Å². The zero-order valence-electron chi connectivity index (χ0n) is 31.1. The molecule has 0 aromatic heterocycles. The number of rotatable bonds is 13. The number of amides is 1. The molecule has 26 heteroatoms. The Morgan fingerprint density at radius 2 is 0.897 bits per heavy atom. The summed E-state index contributed by atoms with van der Waals surface area (Å²) < 4.78 is 51.2. The van der Waals surface area contributed by atoms with Crippen LogP contribution in [0, 0.1) is 0 Å². The van der Waals surface area contributed by atoms with Crippen LogP contribution in [0.25, 0.3) is 0 Å². The molecular weight excluding hydrogens is 798 g/mol. The van der Waals surface area contributed by atoms with Crippen LogP contribution in [0.2, 0.25) is 0 Å². The lowest BCUT2D eigenvalue weighted by Gasteiger charge is -2.51. The van der Waals surface area contributed by atoms with Gasteiger partial charge in [0.15, 0.2) is 31.5 Å². The molecule has 5 rings (SSSR count). The quantitative estimate of drug-likeness (QED) is 0.0818. The highest BCUT2D eigenvalue weighted by atomic mass is 16.8. The van der Waals surface area contributed by atoms with E-state index in [4.69, 9.17) is 42.6 Å². The molecule has 0 aromatic rings. The van der Waals surface area contributed by atoms with E-state index in [1.54, 1.807) is 0 Å². The van der Waals surface area contributed by atoms with Gasteiger partial charge in [-0.2, -0.15) is 0 Å². The molecule has 0 spiro atoms. The topological polar surface area (TPSA) is 416 Å². The van der Waals surface area contributed by atoms with Crippen molar-refractivity contribution in [3.8, 4) is 0 Å². The van der Waals surface area contributed by atoms with E-state index >= 15 is 0 Å². The Labute approximate surface area is 329 Å². The van der Waals surface area contributed by atoms with E-state index in [0.717, 1.165) is 6.92 Å². The predicted molar refractivity (Wildman–Crippen MR) is 177 cm³/mol. The van der Waals surface area contributed by atoms with E-state index < -0.39 is 186 Å². The van der Waals surface area contributed by atoms with Crippen LogP contribution in [0.15, 0.2) is 0 Å². The molecule has 338 valence electrons. The fourth-order valence-corrected chi connectivity index (χ4v) is 7.37. The standard InChI is InChI=1S/C32H55NO25/c1-7-14(39)17(42)21(46)30(50-7)56-25-12(6-37)54-32(23(48)27(25)58-31-22(47)18(43)15(40)9(3-34)53-31)57-26-13(33-8(2)38)29(52-10(4-35)16(26)41)55-24-11(5-36)51-28(49)20(45)19(24)44/h7,9-32,34-37,39-49H,3-6H2,1-2H3,(H,33,38)/t7-,9+,10+,11+,12+,13+,14+,15-,16-,17+,18-,19+,20+,21-,22+,23+,24+,25+,26+,27+,28+,29-,30-,31-,32-/m0/s1. The lowest BCUT2D eigenvalue weighted by molar-refractivity contribution is -0.397. The van der Waals surface area contributed by atoms with Crippen LogP contribution in [-0.2, 0) is 47.4 Å². The van der Waals surface area contributed by atoms with Crippen molar-refractivity contribution in [3.05, 3.63) is 0 Å². The lowest BCUT2D eigenvalue weighted by Crippen LogP contribution is -2.70. The van der Waals surface area contributed by atoms with Crippen molar-refractivity contribution in [2.45, 2.75) is 167 Å². The number of aliphatic hydroxyl groups excluding tert-OH is 15. The van der Waals surface area contributed by atoms with E-state index in [1.165, 1.54) is 6.92 Å². The van der Waals surface area contributed by atoms with Crippen molar-refractivity contribution in [2.75, 3.05) is 26.4 Å². The first-order chi connectivity index (χ1) is 27.4. The van der Waals surface area contributed by atoms with Crippen molar-refractivity contribution in [2.24, 2.45) is 0 Å². The first kappa shape index (κ1) is 47.6. The van der Waals surface area contributed by atoms with E-state index in [9.17, 15) is 81.4 Å². The third kappa shape index (κ3) is 9.75. The minimum absolute atomic E-state index is 0.803. The zero-order valence-corrected chi connectivity index (χ0v) is 31.1. The zero-order chi connectivity index (χ0) is 42.9. The average Bonchev–Trinajstić information content (AvgIpc) is 3.19. The normalized spacial score (nSPS) is 51.6. The summed E-state index contributed by atoms with van der Waals surface area (Å²) in [4.78, 5) is 12.5. The van der Waals surface area contributed by atoms with Gasteiger partial charge in [0.05, 0.1) is 32.5 Å². The summed E-state index contributed by atoms with van der Waals surface area (Å²) in [5.74, 6) is -0.803.